The van der Waals surface area contributed by atoms with Crippen LogP contribution in [0.1, 0.15) is 46.5 Å². The Hall–Kier alpha value is -4.42. The SMILES string of the molecule is Cc1ccc(C(=O)Nc2cc(CNC(C)C)c(F)c(C(F)(F)F)c2)cc1N(N)/C=C(\N)c1cnc2[nH]ccc2c1. The van der Waals surface area contributed by atoms with Crippen molar-refractivity contribution in [2.75, 3.05) is 10.3 Å². The number of anilines is 2. The number of carbonyl (C=O) groups excluding carboxylic acids is 1. The van der Waals surface area contributed by atoms with Crippen molar-refractivity contribution in [3.63, 3.8) is 0 Å². The van der Waals surface area contributed by atoms with Crippen LogP contribution in [0.2, 0.25) is 0 Å². The number of nitrogens with zero attached hydrogens (tertiary/aromatic N) is 2. The van der Waals surface area contributed by atoms with Gasteiger partial charge < -0.3 is 21.4 Å². The zero-order chi connectivity index (χ0) is 29.2. The van der Waals surface area contributed by atoms with Crippen molar-refractivity contribution in [1.29, 1.82) is 0 Å². The molecule has 0 saturated heterocycles. The Morgan fingerprint density at radius 1 is 1.15 bits per heavy atom. The Kier molecular flexibility index (Phi) is 8.12. The zero-order valence-corrected chi connectivity index (χ0v) is 22.0. The van der Waals surface area contributed by atoms with Gasteiger partial charge >= 0.3 is 6.18 Å². The molecule has 0 aliphatic rings. The van der Waals surface area contributed by atoms with Gasteiger partial charge in [0.15, 0.2) is 0 Å². The highest BCUT2D eigenvalue weighted by molar-refractivity contribution is 6.05. The van der Waals surface area contributed by atoms with Crippen molar-refractivity contribution in [2.45, 2.75) is 39.5 Å². The molecule has 0 saturated carbocycles. The summed E-state index contributed by atoms with van der Waals surface area (Å²) in [5, 5.41) is 7.46. The largest absolute Gasteiger partial charge is 0.419 e. The van der Waals surface area contributed by atoms with Crippen LogP contribution in [0.4, 0.5) is 28.9 Å². The first-order valence-corrected chi connectivity index (χ1v) is 12.3. The molecule has 4 aromatic rings. The van der Waals surface area contributed by atoms with Crippen molar-refractivity contribution in [3.05, 3.63) is 94.7 Å². The first kappa shape index (κ1) is 28.6. The maximum atomic E-state index is 14.6. The Bertz CT molecular complexity index is 1580. The molecule has 1 amide bonds. The first-order valence-electron chi connectivity index (χ1n) is 12.3. The average Bonchev–Trinajstić information content (AvgIpc) is 3.36. The zero-order valence-electron chi connectivity index (χ0n) is 22.0. The summed E-state index contributed by atoms with van der Waals surface area (Å²) in [5.41, 5.74) is 7.31. The molecule has 2 heterocycles. The molecule has 40 heavy (non-hydrogen) atoms. The summed E-state index contributed by atoms with van der Waals surface area (Å²) < 4.78 is 55.2. The number of aryl methyl sites for hydroxylation is 1. The van der Waals surface area contributed by atoms with E-state index in [4.69, 9.17) is 11.6 Å². The number of pyridine rings is 1. The highest BCUT2D eigenvalue weighted by atomic mass is 19.4. The van der Waals surface area contributed by atoms with E-state index in [9.17, 15) is 22.4 Å². The molecule has 0 spiro atoms. The van der Waals surface area contributed by atoms with Crippen LogP contribution in [0.25, 0.3) is 16.7 Å². The molecule has 0 bridgehead atoms. The number of nitrogens with two attached hydrogens (primary N) is 2. The van der Waals surface area contributed by atoms with E-state index < -0.39 is 23.5 Å². The van der Waals surface area contributed by atoms with E-state index in [1.54, 1.807) is 39.2 Å². The molecule has 2 aromatic carbocycles. The summed E-state index contributed by atoms with van der Waals surface area (Å²) >= 11 is 0. The van der Waals surface area contributed by atoms with Gasteiger partial charge in [-0.25, -0.2) is 15.2 Å². The third-order valence-electron chi connectivity index (χ3n) is 6.17. The fraction of sp³-hybridized carbons (Fsp3) is 0.214. The van der Waals surface area contributed by atoms with Gasteiger partial charge in [0.1, 0.15) is 11.5 Å². The van der Waals surface area contributed by atoms with E-state index in [0.29, 0.717) is 34.2 Å². The van der Waals surface area contributed by atoms with Crippen LogP contribution in [-0.4, -0.2) is 21.9 Å². The molecule has 8 nitrogen and oxygen atoms in total. The van der Waals surface area contributed by atoms with Gasteiger partial charge in [-0.05, 0) is 48.9 Å². The lowest BCUT2D eigenvalue weighted by atomic mass is 10.1. The lowest BCUT2D eigenvalue weighted by molar-refractivity contribution is -0.140. The number of aromatic nitrogens is 2. The number of halogens is 4. The van der Waals surface area contributed by atoms with Gasteiger partial charge in [0, 0.05) is 58.9 Å². The van der Waals surface area contributed by atoms with Crippen LogP contribution in [0, 0.1) is 12.7 Å². The fourth-order valence-corrected chi connectivity index (χ4v) is 4.03. The number of amides is 1. The summed E-state index contributed by atoms with van der Waals surface area (Å²) in [4.78, 5) is 20.4. The van der Waals surface area contributed by atoms with Gasteiger partial charge in [-0.2, -0.15) is 13.2 Å². The molecule has 0 radical (unpaired) electrons. The van der Waals surface area contributed by atoms with E-state index in [0.717, 1.165) is 5.39 Å². The third kappa shape index (κ3) is 6.41. The van der Waals surface area contributed by atoms with E-state index >= 15 is 0 Å². The van der Waals surface area contributed by atoms with Gasteiger partial charge in [-0.15, -0.1) is 0 Å². The monoisotopic (exact) mass is 555 g/mol. The minimum Gasteiger partial charge on any atom is -0.397 e. The van der Waals surface area contributed by atoms with Crippen molar-refractivity contribution in [2.24, 2.45) is 11.6 Å². The summed E-state index contributed by atoms with van der Waals surface area (Å²) in [6.07, 6.45) is -0.112. The lowest BCUT2D eigenvalue weighted by Gasteiger charge is -2.19. The maximum absolute atomic E-state index is 14.6. The van der Waals surface area contributed by atoms with Crippen molar-refractivity contribution in [1.82, 2.24) is 15.3 Å². The Labute approximate surface area is 228 Å². The molecule has 0 unspecified atom stereocenters. The van der Waals surface area contributed by atoms with Crippen LogP contribution >= 0.6 is 0 Å². The lowest BCUT2D eigenvalue weighted by Crippen LogP contribution is -2.27. The number of H-pyrrole nitrogens is 1. The highest BCUT2D eigenvalue weighted by Crippen LogP contribution is 2.35. The molecule has 0 aliphatic carbocycles. The van der Waals surface area contributed by atoms with E-state index in [-0.39, 0.29) is 29.4 Å². The number of hydrazine groups is 1. The van der Waals surface area contributed by atoms with Crippen molar-refractivity contribution >= 4 is 34.0 Å². The Balaban J connectivity index is 1.60. The molecule has 4 rings (SSSR count). The van der Waals surface area contributed by atoms with Crippen LogP contribution < -0.4 is 27.2 Å². The molecule has 0 aliphatic heterocycles. The molecular formula is C28H29F4N7O. The second-order valence-corrected chi connectivity index (χ2v) is 9.62. The molecule has 2 aromatic heterocycles. The van der Waals surface area contributed by atoms with Gasteiger partial charge in [0.2, 0.25) is 0 Å². The maximum Gasteiger partial charge on any atom is 0.419 e. The summed E-state index contributed by atoms with van der Waals surface area (Å²) in [5.74, 6) is 4.17. The standard InChI is InChI=1S/C28H29F4N7O/c1-15(2)36-13-20-9-21(11-22(25(20)29)28(30,31)32)38-27(40)18-5-4-16(3)24(10-18)39(34)14-23(33)19-8-17-6-7-35-26(17)37-12-19/h4-12,14-15,36H,13,33-34H2,1-3H3,(H,35,37)(H,38,40)/b23-14-. The molecule has 7 N–H and O–H groups in total. The number of alkyl halides is 3. The molecule has 210 valence electrons. The summed E-state index contributed by atoms with van der Waals surface area (Å²) in [7, 11) is 0. The molecular weight excluding hydrogens is 526 g/mol. The minimum absolute atomic E-state index is 0.0898. The van der Waals surface area contributed by atoms with Gasteiger partial charge in [0.25, 0.3) is 5.91 Å². The fourth-order valence-electron chi connectivity index (χ4n) is 4.03. The average molecular weight is 556 g/mol. The number of aromatic amines is 1. The van der Waals surface area contributed by atoms with Gasteiger partial charge in [-0.3, -0.25) is 9.80 Å². The van der Waals surface area contributed by atoms with Crippen LogP contribution in [0.15, 0.2) is 61.1 Å². The molecule has 0 atom stereocenters. The predicted molar refractivity (Wildman–Crippen MR) is 147 cm³/mol. The van der Waals surface area contributed by atoms with E-state index in [2.05, 4.69) is 20.6 Å². The normalized spacial score (nSPS) is 12.3. The highest BCUT2D eigenvalue weighted by Gasteiger charge is 2.35. The molecule has 12 heteroatoms. The predicted octanol–water partition coefficient (Wildman–Crippen LogP) is 5.42. The van der Waals surface area contributed by atoms with Crippen molar-refractivity contribution in [3.8, 4) is 0 Å². The van der Waals surface area contributed by atoms with Gasteiger partial charge in [0.05, 0.1) is 16.9 Å². The summed E-state index contributed by atoms with van der Waals surface area (Å²) in [6.45, 7) is 5.19. The second kappa shape index (κ2) is 11.4. The summed E-state index contributed by atoms with van der Waals surface area (Å²) in [6, 6.07) is 10.0. The number of benzene rings is 2. The van der Waals surface area contributed by atoms with E-state index in [1.165, 1.54) is 29.4 Å². The van der Waals surface area contributed by atoms with Crippen LogP contribution in [0.5, 0.6) is 0 Å². The number of nitrogens with one attached hydrogen (secondary N) is 3. The molecule has 0 fully saturated rings. The number of fused-ring (bicyclic) bond motifs is 1. The van der Waals surface area contributed by atoms with Crippen molar-refractivity contribution < 1.29 is 22.4 Å². The van der Waals surface area contributed by atoms with E-state index in [1.807, 2.05) is 12.1 Å². The number of hydrogen-bond acceptors (Lipinski definition) is 6. The second-order valence-electron chi connectivity index (χ2n) is 9.62. The Morgan fingerprint density at radius 2 is 1.90 bits per heavy atom. The number of hydrogen-bond donors (Lipinski definition) is 5. The first-order chi connectivity index (χ1) is 18.8. The van der Waals surface area contributed by atoms with Gasteiger partial charge in [-0.1, -0.05) is 19.9 Å². The number of rotatable bonds is 8. The quantitative estimate of drug-likeness (QED) is 0.112. The van der Waals surface area contributed by atoms with Crippen LogP contribution in [-0.2, 0) is 12.7 Å². The minimum atomic E-state index is -4.94. The third-order valence-corrected chi connectivity index (χ3v) is 6.17. The smallest absolute Gasteiger partial charge is 0.397 e. The Morgan fingerprint density at radius 3 is 2.60 bits per heavy atom. The van der Waals surface area contributed by atoms with Crippen LogP contribution in [0.3, 0.4) is 0 Å². The number of carbonyl (C=O) groups is 1. The topological polar surface area (TPSA) is 125 Å².